The fraction of sp³-hybridized carbons (Fsp3) is 0.455. The molecule has 1 aliphatic heterocycles. The molecular formula is C22H28N6OS. The lowest BCUT2D eigenvalue weighted by Crippen LogP contribution is -2.32. The molecule has 3 aromatic rings. The first-order valence-electron chi connectivity index (χ1n) is 10.5. The standard InChI is InChI=1S/C22H28N6OS/c1-15(2)21(29)24-16(3)20-26-25-19-9-10-27(11-12-28(19)20)14-18-13-23-22(30-18)17-7-5-4-6-8-17/h4-8,13,15-16H,9-12,14H2,1-3H3,(H,24,29)/t16-/m1/s1. The normalized spacial score (nSPS) is 15.6. The zero-order valence-corrected chi connectivity index (χ0v) is 18.5. The Kier molecular flexibility index (Phi) is 6.24. The van der Waals surface area contributed by atoms with E-state index < -0.39 is 0 Å². The summed E-state index contributed by atoms with van der Waals surface area (Å²) in [5.74, 6) is 1.82. The lowest BCUT2D eigenvalue weighted by molar-refractivity contribution is -0.124. The number of carbonyl (C=O) groups excluding carboxylic acids is 1. The minimum absolute atomic E-state index is 0.0366. The number of rotatable bonds is 6. The number of fused-ring (bicyclic) bond motifs is 1. The van der Waals surface area contributed by atoms with Crippen molar-refractivity contribution in [2.24, 2.45) is 5.92 Å². The van der Waals surface area contributed by atoms with Crippen LogP contribution < -0.4 is 5.32 Å². The number of benzene rings is 1. The highest BCUT2D eigenvalue weighted by Gasteiger charge is 2.23. The third kappa shape index (κ3) is 4.60. The summed E-state index contributed by atoms with van der Waals surface area (Å²) >= 11 is 1.75. The van der Waals surface area contributed by atoms with E-state index in [9.17, 15) is 4.79 Å². The second-order valence-electron chi connectivity index (χ2n) is 8.03. The van der Waals surface area contributed by atoms with Gasteiger partial charge in [0, 0.05) is 55.2 Å². The fourth-order valence-electron chi connectivity index (χ4n) is 3.63. The Labute approximate surface area is 181 Å². The number of aromatic nitrogens is 4. The van der Waals surface area contributed by atoms with Crippen molar-refractivity contribution < 1.29 is 4.79 Å². The fourth-order valence-corrected chi connectivity index (χ4v) is 4.59. The molecule has 0 fully saturated rings. The third-order valence-corrected chi connectivity index (χ3v) is 6.40. The van der Waals surface area contributed by atoms with Crippen molar-refractivity contribution in [3.05, 3.63) is 53.1 Å². The molecule has 0 unspecified atom stereocenters. The van der Waals surface area contributed by atoms with Crippen LogP contribution in [0, 0.1) is 5.92 Å². The van der Waals surface area contributed by atoms with Crippen molar-refractivity contribution in [3.63, 3.8) is 0 Å². The van der Waals surface area contributed by atoms with E-state index in [2.05, 4.69) is 42.1 Å². The molecule has 0 aliphatic carbocycles. The number of nitrogens with one attached hydrogen (secondary N) is 1. The Morgan fingerprint density at radius 3 is 2.70 bits per heavy atom. The Morgan fingerprint density at radius 1 is 1.13 bits per heavy atom. The molecule has 4 rings (SSSR count). The van der Waals surface area contributed by atoms with Gasteiger partial charge in [0.25, 0.3) is 0 Å². The molecule has 7 nitrogen and oxygen atoms in total. The highest BCUT2D eigenvalue weighted by atomic mass is 32.1. The van der Waals surface area contributed by atoms with E-state index in [1.165, 1.54) is 4.88 Å². The smallest absolute Gasteiger partial charge is 0.223 e. The summed E-state index contributed by atoms with van der Waals surface area (Å²) in [7, 11) is 0. The lowest BCUT2D eigenvalue weighted by Gasteiger charge is -2.19. The van der Waals surface area contributed by atoms with Gasteiger partial charge in [-0.05, 0) is 6.92 Å². The van der Waals surface area contributed by atoms with Crippen LogP contribution in [0.5, 0.6) is 0 Å². The highest BCUT2D eigenvalue weighted by molar-refractivity contribution is 7.15. The second-order valence-corrected chi connectivity index (χ2v) is 9.15. The molecule has 0 radical (unpaired) electrons. The van der Waals surface area contributed by atoms with Crippen molar-refractivity contribution in [2.45, 2.75) is 46.3 Å². The number of thiazole rings is 1. The van der Waals surface area contributed by atoms with E-state index in [-0.39, 0.29) is 17.9 Å². The predicted molar refractivity (Wildman–Crippen MR) is 118 cm³/mol. The van der Waals surface area contributed by atoms with Gasteiger partial charge in [-0.3, -0.25) is 9.69 Å². The molecule has 1 N–H and O–H groups in total. The van der Waals surface area contributed by atoms with Crippen LogP contribution in [-0.4, -0.2) is 43.6 Å². The van der Waals surface area contributed by atoms with Gasteiger partial charge in [-0.1, -0.05) is 44.2 Å². The molecule has 1 atom stereocenters. The molecule has 1 amide bonds. The van der Waals surface area contributed by atoms with E-state index in [1.54, 1.807) is 11.3 Å². The van der Waals surface area contributed by atoms with Crippen LogP contribution in [0.25, 0.3) is 10.6 Å². The molecule has 30 heavy (non-hydrogen) atoms. The summed E-state index contributed by atoms with van der Waals surface area (Å²) in [4.78, 5) is 20.4. The van der Waals surface area contributed by atoms with Gasteiger partial charge < -0.3 is 9.88 Å². The number of hydrogen-bond donors (Lipinski definition) is 1. The number of nitrogens with zero attached hydrogens (tertiary/aromatic N) is 5. The van der Waals surface area contributed by atoms with Crippen LogP contribution >= 0.6 is 11.3 Å². The maximum absolute atomic E-state index is 12.1. The summed E-state index contributed by atoms with van der Waals surface area (Å²) < 4.78 is 2.17. The van der Waals surface area contributed by atoms with Crippen molar-refractivity contribution in [1.82, 2.24) is 30.0 Å². The Bertz CT molecular complexity index is 996. The molecule has 3 heterocycles. The maximum Gasteiger partial charge on any atom is 0.223 e. The van der Waals surface area contributed by atoms with Crippen molar-refractivity contribution >= 4 is 17.2 Å². The number of carbonyl (C=O) groups is 1. The molecule has 8 heteroatoms. The summed E-state index contributed by atoms with van der Waals surface area (Å²) in [5, 5.41) is 12.9. The van der Waals surface area contributed by atoms with Gasteiger partial charge in [0.15, 0.2) is 5.82 Å². The van der Waals surface area contributed by atoms with E-state index in [0.717, 1.165) is 54.8 Å². The maximum atomic E-state index is 12.1. The first-order valence-corrected chi connectivity index (χ1v) is 11.3. The molecule has 1 aliphatic rings. The summed E-state index contributed by atoms with van der Waals surface area (Å²) in [6.45, 7) is 9.33. The average Bonchev–Trinajstić information content (AvgIpc) is 3.32. The van der Waals surface area contributed by atoms with Gasteiger partial charge >= 0.3 is 0 Å². The van der Waals surface area contributed by atoms with Gasteiger partial charge in [0.2, 0.25) is 5.91 Å². The first kappa shape index (κ1) is 20.7. The zero-order valence-electron chi connectivity index (χ0n) is 17.7. The van der Waals surface area contributed by atoms with Gasteiger partial charge in [-0.2, -0.15) is 0 Å². The third-order valence-electron chi connectivity index (χ3n) is 5.37. The van der Waals surface area contributed by atoms with E-state index in [4.69, 9.17) is 0 Å². The van der Waals surface area contributed by atoms with E-state index in [0.29, 0.717) is 0 Å². The highest BCUT2D eigenvalue weighted by Crippen LogP contribution is 2.26. The van der Waals surface area contributed by atoms with Crippen molar-refractivity contribution in [2.75, 3.05) is 13.1 Å². The lowest BCUT2D eigenvalue weighted by atomic mass is 10.2. The van der Waals surface area contributed by atoms with Crippen LogP contribution in [-0.2, 0) is 24.3 Å². The van der Waals surface area contributed by atoms with Crippen LogP contribution in [0.4, 0.5) is 0 Å². The first-order chi connectivity index (χ1) is 14.5. The molecule has 1 aromatic carbocycles. The molecule has 0 bridgehead atoms. The Balaban J connectivity index is 1.40. The zero-order chi connectivity index (χ0) is 21.1. The van der Waals surface area contributed by atoms with Crippen LogP contribution in [0.3, 0.4) is 0 Å². The average molecular weight is 425 g/mol. The quantitative estimate of drug-likeness (QED) is 0.657. The minimum Gasteiger partial charge on any atom is -0.346 e. The van der Waals surface area contributed by atoms with Gasteiger partial charge in [-0.15, -0.1) is 21.5 Å². The number of hydrogen-bond acceptors (Lipinski definition) is 6. The van der Waals surface area contributed by atoms with Crippen molar-refractivity contribution in [3.8, 4) is 10.6 Å². The predicted octanol–water partition coefficient (Wildman–Crippen LogP) is 3.29. The van der Waals surface area contributed by atoms with Crippen molar-refractivity contribution in [1.29, 1.82) is 0 Å². The second kappa shape index (κ2) is 9.06. The Hall–Kier alpha value is -2.58. The molecule has 2 aromatic heterocycles. The van der Waals surface area contributed by atoms with E-state index >= 15 is 0 Å². The van der Waals surface area contributed by atoms with Gasteiger partial charge in [-0.25, -0.2) is 4.98 Å². The monoisotopic (exact) mass is 424 g/mol. The molecule has 158 valence electrons. The Morgan fingerprint density at radius 2 is 1.93 bits per heavy atom. The SMILES string of the molecule is CC(C)C(=O)N[C@H](C)c1nnc2n1CCN(Cc1cnc(-c3ccccc3)s1)CC2. The largest absolute Gasteiger partial charge is 0.346 e. The van der Waals surface area contributed by atoms with Gasteiger partial charge in [0.05, 0.1) is 6.04 Å². The van der Waals surface area contributed by atoms with E-state index in [1.807, 2.05) is 45.2 Å². The van der Waals surface area contributed by atoms with Crippen LogP contribution in [0.2, 0.25) is 0 Å². The minimum atomic E-state index is -0.150. The number of amides is 1. The van der Waals surface area contributed by atoms with Crippen LogP contribution in [0.1, 0.15) is 43.3 Å². The molecule has 0 saturated carbocycles. The summed E-state index contributed by atoms with van der Waals surface area (Å²) in [6, 6.07) is 10.2. The molecule has 0 spiro atoms. The summed E-state index contributed by atoms with van der Waals surface area (Å²) in [6.07, 6.45) is 2.84. The topological polar surface area (TPSA) is 75.9 Å². The summed E-state index contributed by atoms with van der Waals surface area (Å²) in [5.41, 5.74) is 1.16. The molecule has 0 saturated heterocycles. The molecular weight excluding hydrogens is 396 g/mol. The van der Waals surface area contributed by atoms with Gasteiger partial charge in [0.1, 0.15) is 10.8 Å². The van der Waals surface area contributed by atoms with Crippen LogP contribution in [0.15, 0.2) is 36.5 Å².